The Kier molecular flexibility index (Phi) is 4.51. The Morgan fingerprint density at radius 2 is 1.83 bits per heavy atom. The molecule has 0 bridgehead atoms. The number of nitrogen functional groups attached to an aromatic ring is 1. The van der Waals surface area contributed by atoms with Crippen molar-refractivity contribution in [3.8, 4) is 5.88 Å². The van der Waals surface area contributed by atoms with E-state index >= 15 is 0 Å². The van der Waals surface area contributed by atoms with Gasteiger partial charge in [0.1, 0.15) is 11.6 Å². The highest BCUT2D eigenvalue weighted by molar-refractivity contribution is 5.38. The van der Waals surface area contributed by atoms with Gasteiger partial charge in [0, 0.05) is 11.5 Å². The van der Waals surface area contributed by atoms with Gasteiger partial charge in [0.2, 0.25) is 5.88 Å². The minimum Gasteiger partial charge on any atom is -0.474 e. The second kappa shape index (κ2) is 5.52. The molecule has 5 heteroatoms. The number of anilines is 1. The lowest BCUT2D eigenvalue weighted by Gasteiger charge is -2.21. The van der Waals surface area contributed by atoms with Crippen LogP contribution >= 0.6 is 0 Å². The molecule has 0 radical (unpaired) electrons. The van der Waals surface area contributed by atoms with Gasteiger partial charge in [0.25, 0.3) is 0 Å². The highest BCUT2D eigenvalue weighted by Gasteiger charge is 2.20. The van der Waals surface area contributed by atoms with Gasteiger partial charge < -0.3 is 10.2 Å². The summed E-state index contributed by atoms with van der Waals surface area (Å²) in [4.78, 5) is 8.79. The van der Waals surface area contributed by atoms with E-state index in [0.29, 0.717) is 23.4 Å². The van der Waals surface area contributed by atoms with Gasteiger partial charge >= 0.3 is 0 Å². The summed E-state index contributed by atoms with van der Waals surface area (Å²) in [5.74, 6) is 7.69. The quantitative estimate of drug-likeness (QED) is 0.636. The molecule has 0 aliphatic heterocycles. The first-order chi connectivity index (χ1) is 8.24. The van der Waals surface area contributed by atoms with Crippen LogP contribution in [-0.4, -0.2) is 16.1 Å². The Morgan fingerprint density at radius 1 is 1.22 bits per heavy atom. The van der Waals surface area contributed by atoms with E-state index in [1.54, 1.807) is 6.07 Å². The molecule has 102 valence electrons. The van der Waals surface area contributed by atoms with E-state index in [1.807, 2.05) is 6.92 Å². The second-order valence-electron chi connectivity index (χ2n) is 5.88. The fourth-order valence-corrected chi connectivity index (χ4v) is 1.22. The number of nitrogens with one attached hydrogen (secondary N) is 1. The molecule has 1 rings (SSSR count). The Morgan fingerprint density at radius 3 is 2.28 bits per heavy atom. The first-order valence-corrected chi connectivity index (χ1v) is 6.27. The monoisotopic (exact) mass is 252 g/mol. The number of hydrogen-bond donors (Lipinski definition) is 2. The van der Waals surface area contributed by atoms with Crippen LogP contribution in [0.4, 0.5) is 5.82 Å². The van der Waals surface area contributed by atoms with Crippen molar-refractivity contribution in [3.05, 3.63) is 11.9 Å². The van der Waals surface area contributed by atoms with E-state index in [4.69, 9.17) is 10.6 Å². The largest absolute Gasteiger partial charge is 0.474 e. The summed E-state index contributed by atoms with van der Waals surface area (Å²) in [6.45, 7) is 12.4. The smallest absolute Gasteiger partial charge is 0.219 e. The van der Waals surface area contributed by atoms with Crippen molar-refractivity contribution in [2.45, 2.75) is 53.1 Å². The van der Waals surface area contributed by atoms with Crippen LogP contribution in [0.2, 0.25) is 0 Å². The minimum absolute atomic E-state index is 0.0957. The number of ether oxygens (including phenoxy) is 1. The fourth-order valence-electron chi connectivity index (χ4n) is 1.22. The van der Waals surface area contributed by atoms with Crippen LogP contribution in [0.1, 0.15) is 47.4 Å². The topological polar surface area (TPSA) is 73.1 Å². The molecule has 0 saturated heterocycles. The average molecular weight is 252 g/mol. The zero-order valence-corrected chi connectivity index (χ0v) is 12.1. The van der Waals surface area contributed by atoms with Crippen LogP contribution < -0.4 is 16.0 Å². The Balaban J connectivity index is 3.05. The minimum atomic E-state index is -0.147. The van der Waals surface area contributed by atoms with Crippen molar-refractivity contribution in [2.75, 3.05) is 5.43 Å². The number of nitrogens with two attached hydrogens (primary N) is 1. The molecule has 0 aliphatic rings. The lowest BCUT2D eigenvalue weighted by atomic mass is 9.96. The number of hydrogen-bond acceptors (Lipinski definition) is 5. The molecule has 1 aromatic heterocycles. The number of hydrazine groups is 1. The molecule has 3 N–H and O–H groups in total. The van der Waals surface area contributed by atoms with Crippen LogP contribution in [0, 0.1) is 5.92 Å². The summed E-state index contributed by atoms with van der Waals surface area (Å²) in [6, 6.07) is 1.72. The molecule has 5 nitrogen and oxygen atoms in total. The first kappa shape index (κ1) is 14.7. The average Bonchev–Trinajstić information content (AvgIpc) is 2.27. The highest BCUT2D eigenvalue weighted by Crippen LogP contribution is 2.24. The van der Waals surface area contributed by atoms with E-state index in [2.05, 4.69) is 50.0 Å². The number of aromatic nitrogens is 2. The lowest BCUT2D eigenvalue weighted by molar-refractivity contribution is 0.162. The normalized spacial score (nSPS) is 13.6. The van der Waals surface area contributed by atoms with Crippen molar-refractivity contribution in [2.24, 2.45) is 11.8 Å². The van der Waals surface area contributed by atoms with Gasteiger partial charge in [-0.15, -0.1) is 0 Å². The van der Waals surface area contributed by atoms with E-state index in [9.17, 15) is 0 Å². The molecule has 1 heterocycles. The van der Waals surface area contributed by atoms with Gasteiger partial charge in [-0.05, 0) is 12.8 Å². The van der Waals surface area contributed by atoms with E-state index in [-0.39, 0.29) is 11.5 Å². The zero-order chi connectivity index (χ0) is 13.9. The second-order valence-corrected chi connectivity index (χ2v) is 5.88. The SMILES string of the molecule is CC(C)C(C)Oc1cc(NN)nc(C(C)(C)C)n1. The van der Waals surface area contributed by atoms with Gasteiger partial charge in [-0.3, -0.25) is 0 Å². The molecular weight excluding hydrogens is 228 g/mol. The van der Waals surface area contributed by atoms with Gasteiger partial charge in [0.15, 0.2) is 0 Å². The number of nitrogens with zero attached hydrogens (tertiary/aromatic N) is 2. The molecule has 1 aromatic rings. The van der Waals surface area contributed by atoms with Crippen molar-refractivity contribution < 1.29 is 4.74 Å². The molecule has 0 spiro atoms. The summed E-state index contributed by atoms with van der Waals surface area (Å²) < 4.78 is 5.81. The molecule has 0 aromatic carbocycles. The molecule has 0 aliphatic carbocycles. The van der Waals surface area contributed by atoms with Gasteiger partial charge in [-0.1, -0.05) is 34.6 Å². The van der Waals surface area contributed by atoms with Crippen molar-refractivity contribution >= 4 is 5.82 Å². The summed E-state index contributed by atoms with van der Waals surface area (Å²) >= 11 is 0. The maximum Gasteiger partial charge on any atom is 0.219 e. The van der Waals surface area contributed by atoms with Crippen molar-refractivity contribution in [1.29, 1.82) is 0 Å². The fraction of sp³-hybridized carbons (Fsp3) is 0.692. The molecular formula is C13H24N4O. The van der Waals surface area contributed by atoms with Gasteiger partial charge in [-0.2, -0.15) is 4.98 Å². The summed E-state index contributed by atoms with van der Waals surface area (Å²) in [5.41, 5.74) is 2.40. The molecule has 0 fully saturated rings. The Hall–Kier alpha value is -1.36. The van der Waals surface area contributed by atoms with Gasteiger partial charge in [-0.25, -0.2) is 10.8 Å². The van der Waals surface area contributed by atoms with Crippen LogP contribution in [0.25, 0.3) is 0 Å². The maximum absolute atomic E-state index is 5.81. The predicted octanol–water partition coefficient (Wildman–Crippen LogP) is 2.48. The molecule has 1 unspecified atom stereocenters. The lowest BCUT2D eigenvalue weighted by Crippen LogP contribution is -2.23. The molecule has 1 atom stereocenters. The molecule has 18 heavy (non-hydrogen) atoms. The third-order valence-electron chi connectivity index (χ3n) is 2.77. The Bertz CT molecular complexity index is 398. The van der Waals surface area contributed by atoms with Gasteiger partial charge in [0.05, 0.1) is 6.10 Å². The van der Waals surface area contributed by atoms with Crippen molar-refractivity contribution in [3.63, 3.8) is 0 Å². The predicted molar refractivity (Wildman–Crippen MR) is 73.5 cm³/mol. The Labute approximate surface area is 109 Å². The van der Waals surface area contributed by atoms with E-state index in [1.165, 1.54) is 0 Å². The third-order valence-corrected chi connectivity index (χ3v) is 2.77. The summed E-state index contributed by atoms with van der Waals surface area (Å²) in [6.07, 6.45) is 0.0957. The standard InChI is InChI=1S/C13H24N4O/c1-8(2)9(3)18-11-7-10(17-14)15-12(16-11)13(4,5)6/h7-9H,14H2,1-6H3,(H,15,16,17). The highest BCUT2D eigenvalue weighted by atomic mass is 16.5. The zero-order valence-electron chi connectivity index (χ0n) is 12.1. The summed E-state index contributed by atoms with van der Waals surface area (Å²) in [5, 5.41) is 0. The van der Waals surface area contributed by atoms with E-state index in [0.717, 1.165) is 0 Å². The first-order valence-electron chi connectivity index (χ1n) is 6.27. The molecule has 0 saturated carbocycles. The van der Waals surface area contributed by atoms with Crippen LogP contribution in [0.5, 0.6) is 5.88 Å². The maximum atomic E-state index is 5.81. The van der Waals surface area contributed by atoms with Crippen LogP contribution in [0.3, 0.4) is 0 Å². The number of rotatable bonds is 4. The van der Waals surface area contributed by atoms with Crippen LogP contribution in [0.15, 0.2) is 6.07 Å². The van der Waals surface area contributed by atoms with Crippen molar-refractivity contribution in [1.82, 2.24) is 9.97 Å². The van der Waals surface area contributed by atoms with E-state index < -0.39 is 0 Å². The molecule has 0 amide bonds. The summed E-state index contributed by atoms with van der Waals surface area (Å²) in [7, 11) is 0. The third kappa shape index (κ3) is 3.84. The van der Waals surface area contributed by atoms with Crippen LogP contribution in [-0.2, 0) is 5.41 Å².